The molecule has 2 heterocycles. The van der Waals surface area contributed by atoms with Gasteiger partial charge in [0.05, 0.1) is 5.52 Å². The van der Waals surface area contributed by atoms with Crippen LogP contribution in [-0.2, 0) is 0 Å². The van der Waals surface area contributed by atoms with Gasteiger partial charge < -0.3 is 9.55 Å². The minimum atomic E-state index is 0.545. The Balaban J connectivity index is 1.96. The SMILES string of the molecule is S=c1[nH]c2ncccc2n1C1CCCCCCCC1. The molecule has 0 amide bonds. The van der Waals surface area contributed by atoms with Gasteiger partial charge in [-0.25, -0.2) is 4.98 Å². The molecular weight excluding hydrogens is 254 g/mol. The van der Waals surface area contributed by atoms with Crippen LogP contribution in [0.25, 0.3) is 11.2 Å². The maximum Gasteiger partial charge on any atom is 0.179 e. The lowest BCUT2D eigenvalue weighted by atomic mass is 10.0. The van der Waals surface area contributed by atoms with Gasteiger partial charge in [0.25, 0.3) is 0 Å². The van der Waals surface area contributed by atoms with Crippen molar-refractivity contribution in [2.45, 2.75) is 57.4 Å². The summed E-state index contributed by atoms with van der Waals surface area (Å²) in [4.78, 5) is 7.62. The predicted octanol–water partition coefficient (Wildman–Crippen LogP) is 4.77. The molecule has 3 nitrogen and oxygen atoms in total. The molecule has 102 valence electrons. The van der Waals surface area contributed by atoms with Crippen molar-refractivity contribution in [1.82, 2.24) is 14.5 Å². The Morgan fingerprint density at radius 3 is 2.53 bits per heavy atom. The van der Waals surface area contributed by atoms with Crippen LogP contribution in [0.2, 0.25) is 0 Å². The first-order valence-corrected chi connectivity index (χ1v) is 7.82. The van der Waals surface area contributed by atoms with Gasteiger partial charge in [0.2, 0.25) is 0 Å². The summed E-state index contributed by atoms with van der Waals surface area (Å²) in [6.07, 6.45) is 12.5. The Hall–Kier alpha value is -1.16. The van der Waals surface area contributed by atoms with Crippen molar-refractivity contribution < 1.29 is 0 Å². The molecule has 0 unspecified atom stereocenters. The number of pyridine rings is 1. The quantitative estimate of drug-likeness (QED) is 0.761. The highest BCUT2D eigenvalue weighted by atomic mass is 32.1. The average Bonchev–Trinajstić information content (AvgIpc) is 2.80. The second-order valence-electron chi connectivity index (χ2n) is 5.52. The highest BCUT2D eigenvalue weighted by molar-refractivity contribution is 7.71. The second-order valence-corrected chi connectivity index (χ2v) is 5.91. The normalized spacial score (nSPS) is 18.9. The Kier molecular flexibility index (Phi) is 3.97. The molecule has 1 aliphatic rings. The zero-order chi connectivity index (χ0) is 13.1. The molecule has 4 heteroatoms. The summed E-state index contributed by atoms with van der Waals surface area (Å²) in [6.45, 7) is 0. The van der Waals surface area contributed by atoms with Crippen molar-refractivity contribution >= 4 is 23.4 Å². The van der Waals surface area contributed by atoms with Crippen LogP contribution in [0.1, 0.15) is 57.4 Å². The Labute approximate surface area is 119 Å². The van der Waals surface area contributed by atoms with Crippen molar-refractivity contribution in [3.8, 4) is 0 Å². The lowest BCUT2D eigenvalue weighted by molar-refractivity contribution is 0.421. The number of hydrogen-bond acceptors (Lipinski definition) is 2. The first-order valence-electron chi connectivity index (χ1n) is 7.41. The summed E-state index contributed by atoms with van der Waals surface area (Å²) < 4.78 is 3.14. The van der Waals surface area contributed by atoms with E-state index in [2.05, 4.69) is 20.6 Å². The van der Waals surface area contributed by atoms with Crippen molar-refractivity contribution in [3.63, 3.8) is 0 Å². The topological polar surface area (TPSA) is 33.6 Å². The number of aromatic amines is 1. The molecule has 1 aliphatic carbocycles. The fourth-order valence-electron chi connectivity index (χ4n) is 3.19. The molecule has 0 spiro atoms. The van der Waals surface area contributed by atoms with Crippen molar-refractivity contribution in [1.29, 1.82) is 0 Å². The van der Waals surface area contributed by atoms with Crippen LogP contribution in [0.3, 0.4) is 0 Å². The molecule has 2 aromatic rings. The Bertz CT molecular complexity index is 589. The van der Waals surface area contributed by atoms with Gasteiger partial charge in [0, 0.05) is 12.2 Å². The number of nitrogens with zero attached hydrogens (tertiary/aromatic N) is 2. The molecule has 2 aromatic heterocycles. The van der Waals surface area contributed by atoms with E-state index in [1.165, 1.54) is 51.4 Å². The van der Waals surface area contributed by atoms with Crippen LogP contribution in [0.5, 0.6) is 0 Å². The van der Waals surface area contributed by atoms with Gasteiger partial charge in [-0.3, -0.25) is 0 Å². The van der Waals surface area contributed by atoms with Gasteiger partial charge in [-0.15, -0.1) is 0 Å². The highest BCUT2D eigenvalue weighted by Gasteiger charge is 2.16. The van der Waals surface area contributed by atoms with E-state index in [1.54, 1.807) is 0 Å². The number of aromatic nitrogens is 3. The zero-order valence-corrected chi connectivity index (χ0v) is 12.1. The van der Waals surface area contributed by atoms with Gasteiger partial charge in [-0.05, 0) is 37.2 Å². The van der Waals surface area contributed by atoms with Crippen molar-refractivity contribution in [3.05, 3.63) is 23.1 Å². The first-order chi connectivity index (χ1) is 9.36. The predicted molar refractivity (Wildman–Crippen MR) is 80.9 cm³/mol. The number of rotatable bonds is 1. The van der Waals surface area contributed by atoms with Crippen molar-refractivity contribution in [2.24, 2.45) is 0 Å². The van der Waals surface area contributed by atoms with Crippen LogP contribution in [0.15, 0.2) is 18.3 Å². The van der Waals surface area contributed by atoms with Crippen LogP contribution in [-0.4, -0.2) is 14.5 Å². The van der Waals surface area contributed by atoms with Gasteiger partial charge in [0.1, 0.15) is 0 Å². The van der Waals surface area contributed by atoms with E-state index in [9.17, 15) is 0 Å². The van der Waals surface area contributed by atoms with Gasteiger partial charge in [0.15, 0.2) is 10.4 Å². The molecule has 0 radical (unpaired) electrons. The van der Waals surface area contributed by atoms with Crippen LogP contribution < -0.4 is 0 Å². The maximum absolute atomic E-state index is 5.51. The van der Waals surface area contributed by atoms with Gasteiger partial charge >= 0.3 is 0 Å². The smallest absolute Gasteiger partial charge is 0.179 e. The monoisotopic (exact) mass is 275 g/mol. The van der Waals surface area contributed by atoms with E-state index in [0.29, 0.717) is 6.04 Å². The number of nitrogens with one attached hydrogen (secondary N) is 1. The summed E-state index contributed by atoms with van der Waals surface area (Å²) in [6, 6.07) is 4.67. The largest absolute Gasteiger partial charge is 0.315 e. The lowest BCUT2D eigenvalue weighted by Crippen LogP contribution is -2.09. The molecule has 0 aromatic carbocycles. The molecule has 19 heavy (non-hydrogen) atoms. The third kappa shape index (κ3) is 2.73. The number of fused-ring (bicyclic) bond motifs is 1. The van der Waals surface area contributed by atoms with E-state index < -0.39 is 0 Å². The summed E-state index contributed by atoms with van der Waals surface area (Å²) in [5.74, 6) is 0. The summed E-state index contributed by atoms with van der Waals surface area (Å²) in [7, 11) is 0. The second kappa shape index (κ2) is 5.87. The molecule has 0 bridgehead atoms. The minimum absolute atomic E-state index is 0.545. The molecule has 0 saturated heterocycles. The van der Waals surface area contributed by atoms with Crippen LogP contribution >= 0.6 is 12.2 Å². The van der Waals surface area contributed by atoms with Crippen LogP contribution in [0.4, 0.5) is 0 Å². The Morgan fingerprint density at radius 2 is 1.79 bits per heavy atom. The lowest BCUT2D eigenvalue weighted by Gasteiger charge is -2.18. The van der Waals surface area contributed by atoms with Crippen LogP contribution in [0, 0.1) is 4.77 Å². The fourth-order valence-corrected chi connectivity index (χ4v) is 3.53. The summed E-state index contributed by atoms with van der Waals surface area (Å²) in [5, 5.41) is 0. The molecule has 0 atom stereocenters. The molecule has 3 rings (SSSR count). The maximum atomic E-state index is 5.51. The summed E-state index contributed by atoms with van der Waals surface area (Å²) in [5.41, 5.74) is 2.09. The average molecular weight is 275 g/mol. The molecule has 0 aliphatic heterocycles. The summed E-state index contributed by atoms with van der Waals surface area (Å²) >= 11 is 5.51. The van der Waals surface area contributed by atoms with Crippen molar-refractivity contribution in [2.75, 3.05) is 0 Å². The number of imidazole rings is 1. The van der Waals surface area contributed by atoms with E-state index in [0.717, 1.165) is 15.9 Å². The first kappa shape index (κ1) is 12.9. The molecule has 1 N–H and O–H groups in total. The van der Waals surface area contributed by atoms with Gasteiger partial charge in [-0.1, -0.05) is 38.5 Å². The molecule has 1 saturated carbocycles. The third-order valence-corrected chi connectivity index (χ3v) is 4.48. The standard InChI is InChI=1S/C15H21N3S/c19-15-17-14-13(10-7-11-16-14)18(15)12-8-5-3-1-2-4-6-9-12/h7,10-12H,1-6,8-9H2,(H,16,17,19). The van der Waals surface area contributed by atoms with E-state index in [4.69, 9.17) is 12.2 Å². The highest BCUT2D eigenvalue weighted by Crippen LogP contribution is 2.28. The minimum Gasteiger partial charge on any atom is -0.315 e. The van der Waals surface area contributed by atoms with E-state index in [-0.39, 0.29) is 0 Å². The van der Waals surface area contributed by atoms with E-state index >= 15 is 0 Å². The zero-order valence-electron chi connectivity index (χ0n) is 11.3. The Morgan fingerprint density at radius 1 is 1.11 bits per heavy atom. The number of H-pyrrole nitrogens is 1. The number of hydrogen-bond donors (Lipinski definition) is 1. The van der Waals surface area contributed by atoms with E-state index in [1.807, 2.05) is 12.3 Å². The van der Waals surface area contributed by atoms with Gasteiger partial charge in [-0.2, -0.15) is 0 Å². The molecule has 1 fully saturated rings. The third-order valence-electron chi connectivity index (χ3n) is 4.18. The molecular formula is C15H21N3S. The fraction of sp³-hybridized carbons (Fsp3) is 0.600.